The first-order chi connectivity index (χ1) is 7.82. The normalized spacial score (nSPS) is 21.8. The first-order valence-corrected chi connectivity index (χ1v) is 6.32. The van der Waals surface area contributed by atoms with Crippen LogP contribution in [0.3, 0.4) is 0 Å². The average Bonchev–Trinajstić information content (AvgIpc) is 2.26. The van der Waals surface area contributed by atoms with Gasteiger partial charge in [-0.15, -0.1) is 0 Å². The molecule has 1 unspecified atom stereocenters. The number of hydrogen-bond donors (Lipinski definition) is 2. The Bertz CT molecular complexity index is 289. The van der Waals surface area contributed by atoms with Crippen LogP contribution in [0, 0.1) is 17.3 Å². The molecule has 4 heteroatoms. The fourth-order valence-electron chi connectivity index (χ4n) is 2.17. The number of nitrogens with one attached hydrogen (secondary N) is 1. The summed E-state index contributed by atoms with van der Waals surface area (Å²) in [7, 11) is 0. The topological polar surface area (TPSA) is 66.4 Å². The summed E-state index contributed by atoms with van der Waals surface area (Å²) in [5, 5.41) is 11.4. The van der Waals surface area contributed by atoms with Crippen LogP contribution in [0.25, 0.3) is 0 Å². The SMILES string of the molecule is CC(C(=O)O)C(=O)NCC1CCC(C)(C)CC1. The zero-order chi connectivity index (χ0) is 13.1. The minimum atomic E-state index is -1.06. The quantitative estimate of drug-likeness (QED) is 0.740. The molecule has 0 aliphatic heterocycles. The van der Waals surface area contributed by atoms with Gasteiger partial charge in [0.2, 0.25) is 5.91 Å². The van der Waals surface area contributed by atoms with Crippen LogP contribution in [0.5, 0.6) is 0 Å². The summed E-state index contributed by atoms with van der Waals surface area (Å²) >= 11 is 0. The predicted molar refractivity (Wildman–Crippen MR) is 65.5 cm³/mol. The van der Waals surface area contributed by atoms with Crippen LogP contribution in [0.15, 0.2) is 0 Å². The highest BCUT2D eigenvalue weighted by Gasteiger charge is 2.27. The van der Waals surface area contributed by atoms with E-state index in [1.54, 1.807) is 0 Å². The van der Waals surface area contributed by atoms with E-state index in [1.807, 2.05) is 0 Å². The molecule has 2 N–H and O–H groups in total. The fourth-order valence-corrected chi connectivity index (χ4v) is 2.17. The molecule has 0 aromatic carbocycles. The average molecular weight is 241 g/mol. The van der Waals surface area contributed by atoms with Crippen LogP contribution in [-0.4, -0.2) is 23.5 Å². The summed E-state index contributed by atoms with van der Waals surface area (Å²) < 4.78 is 0. The van der Waals surface area contributed by atoms with E-state index in [0.717, 1.165) is 12.8 Å². The van der Waals surface area contributed by atoms with E-state index in [2.05, 4.69) is 19.2 Å². The highest BCUT2D eigenvalue weighted by atomic mass is 16.4. The molecule has 0 aromatic rings. The minimum absolute atomic E-state index is 0.373. The molecule has 1 aliphatic rings. The molecular weight excluding hydrogens is 218 g/mol. The Morgan fingerprint density at radius 1 is 1.35 bits per heavy atom. The molecule has 0 spiro atoms. The summed E-state index contributed by atoms with van der Waals surface area (Å²) in [5.74, 6) is -1.88. The Morgan fingerprint density at radius 2 is 1.88 bits per heavy atom. The lowest BCUT2D eigenvalue weighted by atomic mass is 9.73. The largest absolute Gasteiger partial charge is 0.481 e. The minimum Gasteiger partial charge on any atom is -0.481 e. The number of carboxylic acid groups (broad SMARTS) is 1. The molecule has 1 rings (SSSR count). The molecule has 0 heterocycles. The van der Waals surface area contributed by atoms with Crippen molar-refractivity contribution in [3.05, 3.63) is 0 Å². The van der Waals surface area contributed by atoms with Gasteiger partial charge in [-0.2, -0.15) is 0 Å². The van der Waals surface area contributed by atoms with Gasteiger partial charge in [-0.25, -0.2) is 0 Å². The molecule has 98 valence electrons. The van der Waals surface area contributed by atoms with Gasteiger partial charge in [0.15, 0.2) is 0 Å². The molecule has 0 radical (unpaired) electrons. The smallest absolute Gasteiger partial charge is 0.315 e. The van der Waals surface area contributed by atoms with Crippen molar-refractivity contribution in [2.45, 2.75) is 46.5 Å². The number of aliphatic carboxylic acids is 1. The molecule has 17 heavy (non-hydrogen) atoms. The van der Waals surface area contributed by atoms with Gasteiger partial charge >= 0.3 is 5.97 Å². The molecule has 1 atom stereocenters. The molecule has 0 bridgehead atoms. The van der Waals surface area contributed by atoms with Gasteiger partial charge in [0.05, 0.1) is 0 Å². The van der Waals surface area contributed by atoms with Crippen molar-refractivity contribution in [1.82, 2.24) is 5.32 Å². The van der Waals surface area contributed by atoms with E-state index in [4.69, 9.17) is 5.11 Å². The van der Waals surface area contributed by atoms with Gasteiger partial charge in [0.25, 0.3) is 0 Å². The van der Waals surface area contributed by atoms with Crippen molar-refractivity contribution in [1.29, 1.82) is 0 Å². The Balaban J connectivity index is 2.28. The van der Waals surface area contributed by atoms with Gasteiger partial charge in [0, 0.05) is 6.54 Å². The monoisotopic (exact) mass is 241 g/mol. The molecule has 0 saturated heterocycles. The van der Waals surface area contributed by atoms with Crippen LogP contribution in [0.4, 0.5) is 0 Å². The first kappa shape index (κ1) is 14.0. The number of carbonyl (C=O) groups excluding carboxylic acids is 1. The summed E-state index contributed by atoms with van der Waals surface area (Å²) in [6.07, 6.45) is 4.60. The standard InChI is InChI=1S/C13H23NO3/c1-9(12(16)17)11(15)14-8-10-4-6-13(2,3)7-5-10/h9-10H,4-8H2,1-3H3,(H,14,15)(H,16,17). The Hall–Kier alpha value is -1.06. The molecule has 1 aliphatic carbocycles. The molecule has 1 fully saturated rings. The number of rotatable bonds is 4. The van der Waals surface area contributed by atoms with Crippen molar-refractivity contribution in [3.63, 3.8) is 0 Å². The summed E-state index contributed by atoms with van der Waals surface area (Å²) in [4.78, 5) is 22.1. The second-order valence-electron chi connectivity index (χ2n) is 5.91. The van der Waals surface area contributed by atoms with Gasteiger partial charge in [-0.1, -0.05) is 13.8 Å². The second-order valence-corrected chi connectivity index (χ2v) is 5.91. The lowest BCUT2D eigenvalue weighted by Crippen LogP contribution is -2.37. The third kappa shape index (κ3) is 4.36. The van der Waals surface area contributed by atoms with Gasteiger partial charge in [0.1, 0.15) is 5.92 Å². The summed E-state index contributed by atoms with van der Waals surface area (Å²) in [5.41, 5.74) is 0.425. The maximum atomic E-state index is 11.5. The number of amides is 1. The van der Waals surface area contributed by atoms with Crippen molar-refractivity contribution < 1.29 is 14.7 Å². The number of carboxylic acids is 1. The molecule has 0 aromatic heterocycles. The molecule has 1 saturated carbocycles. The van der Waals surface area contributed by atoms with Gasteiger partial charge in [-0.05, 0) is 43.9 Å². The highest BCUT2D eigenvalue weighted by molar-refractivity contribution is 5.96. The molecular formula is C13H23NO3. The van der Waals surface area contributed by atoms with E-state index < -0.39 is 11.9 Å². The van der Waals surface area contributed by atoms with Crippen LogP contribution in [0.2, 0.25) is 0 Å². The van der Waals surface area contributed by atoms with Gasteiger partial charge in [-0.3, -0.25) is 9.59 Å². The fraction of sp³-hybridized carbons (Fsp3) is 0.846. The number of hydrogen-bond acceptors (Lipinski definition) is 2. The summed E-state index contributed by atoms with van der Waals surface area (Å²) in [6.45, 7) is 6.58. The Morgan fingerprint density at radius 3 is 2.35 bits per heavy atom. The lowest BCUT2D eigenvalue weighted by molar-refractivity contribution is -0.146. The first-order valence-electron chi connectivity index (χ1n) is 6.32. The number of carbonyl (C=O) groups is 2. The zero-order valence-electron chi connectivity index (χ0n) is 11.0. The van der Waals surface area contributed by atoms with Crippen LogP contribution >= 0.6 is 0 Å². The van der Waals surface area contributed by atoms with Crippen molar-refractivity contribution >= 4 is 11.9 Å². The van der Waals surface area contributed by atoms with Crippen molar-refractivity contribution in [2.24, 2.45) is 17.3 Å². The summed E-state index contributed by atoms with van der Waals surface area (Å²) in [6, 6.07) is 0. The van der Waals surface area contributed by atoms with E-state index in [0.29, 0.717) is 17.9 Å². The van der Waals surface area contributed by atoms with E-state index >= 15 is 0 Å². The zero-order valence-corrected chi connectivity index (χ0v) is 11.0. The third-order valence-corrected chi connectivity index (χ3v) is 3.79. The van der Waals surface area contributed by atoms with Crippen molar-refractivity contribution in [2.75, 3.05) is 6.54 Å². The van der Waals surface area contributed by atoms with E-state index in [9.17, 15) is 9.59 Å². The maximum absolute atomic E-state index is 11.5. The Labute approximate surface area is 103 Å². The predicted octanol–water partition coefficient (Wildman–Crippen LogP) is 2.04. The van der Waals surface area contributed by atoms with Crippen LogP contribution < -0.4 is 5.32 Å². The lowest BCUT2D eigenvalue weighted by Gasteiger charge is -2.34. The molecule has 1 amide bonds. The van der Waals surface area contributed by atoms with Crippen LogP contribution in [-0.2, 0) is 9.59 Å². The highest BCUT2D eigenvalue weighted by Crippen LogP contribution is 2.37. The van der Waals surface area contributed by atoms with Crippen LogP contribution in [0.1, 0.15) is 46.5 Å². The Kier molecular flexibility index (Phi) is 4.54. The second kappa shape index (κ2) is 5.52. The van der Waals surface area contributed by atoms with Crippen molar-refractivity contribution in [3.8, 4) is 0 Å². The van der Waals surface area contributed by atoms with Gasteiger partial charge < -0.3 is 10.4 Å². The third-order valence-electron chi connectivity index (χ3n) is 3.79. The molecule has 4 nitrogen and oxygen atoms in total. The maximum Gasteiger partial charge on any atom is 0.315 e. The van der Waals surface area contributed by atoms with E-state index in [-0.39, 0.29) is 5.91 Å². The van der Waals surface area contributed by atoms with E-state index in [1.165, 1.54) is 19.8 Å².